The van der Waals surface area contributed by atoms with Gasteiger partial charge in [0.15, 0.2) is 0 Å². The fourth-order valence-electron chi connectivity index (χ4n) is 2.69. The zero-order chi connectivity index (χ0) is 16.1. The van der Waals surface area contributed by atoms with E-state index in [9.17, 15) is 9.59 Å². The minimum atomic E-state index is -0.283. The fourth-order valence-corrected chi connectivity index (χ4v) is 2.69. The molecule has 1 aliphatic heterocycles. The standard InChI is InChI=1S/C16H19N5O2/c22-15-9-13(10-21(15)14-5-2-1-3-6-14)16(23)18-7-4-8-20-12-17-11-19-20/h1-3,5-6,11-13H,4,7-10H2,(H,18,23). The molecule has 0 bridgehead atoms. The predicted molar refractivity (Wildman–Crippen MR) is 84.6 cm³/mol. The van der Waals surface area contributed by atoms with Gasteiger partial charge >= 0.3 is 0 Å². The van der Waals surface area contributed by atoms with E-state index in [2.05, 4.69) is 15.4 Å². The summed E-state index contributed by atoms with van der Waals surface area (Å²) in [5.74, 6) is -0.344. The minimum Gasteiger partial charge on any atom is -0.356 e. The minimum absolute atomic E-state index is 0.000958. The maximum absolute atomic E-state index is 12.2. The van der Waals surface area contributed by atoms with E-state index in [1.807, 2.05) is 30.3 Å². The Bertz CT molecular complexity index is 656. The van der Waals surface area contributed by atoms with Gasteiger partial charge in [0.05, 0.1) is 5.92 Å². The Morgan fingerprint density at radius 2 is 2.13 bits per heavy atom. The van der Waals surface area contributed by atoms with Crippen LogP contribution in [0.15, 0.2) is 43.0 Å². The first-order chi connectivity index (χ1) is 11.2. The molecule has 1 aromatic heterocycles. The lowest BCUT2D eigenvalue weighted by atomic mass is 10.1. The van der Waals surface area contributed by atoms with E-state index in [0.717, 1.165) is 12.1 Å². The molecule has 3 rings (SSSR count). The third kappa shape index (κ3) is 3.74. The zero-order valence-corrected chi connectivity index (χ0v) is 12.8. The molecule has 0 spiro atoms. The number of nitrogens with zero attached hydrogens (tertiary/aromatic N) is 4. The molecule has 1 aromatic carbocycles. The van der Waals surface area contributed by atoms with Crippen molar-refractivity contribution in [3.05, 3.63) is 43.0 Å². The van der Waals surface area contributed by atoms with E-state index in [4.69, 9.17) is 0 Å². The summed E-state index contributed by atoms with van der Waals surface area (Å²) in [5, 5.41) is 6.91. The van der Waals surface area contributed by atoms with Gasteiger partial charge in [-0.3, -0.25) is 14.3 Å². The molecule has 2 heterocycles. The number of nitrogens with one attached hydrogen (secondary N) is 1. The Hall–Kier alpha value is -2.70. The van der Waals surface area contributed by atoms with Crippen LogP contribution >= 0.6 is 0 Å². The Kier molecular flexibility index (Phi) is 4.65. The Morgan fingerprint density at radius 3 is 2.87 bits per heavy atom. The van der Waals surface area contributed by atoms with Crippen LogP contribution in [0.1, 0.15) is 12.8 Å². The van der Waals surface area contributed by atoms with Crippen molar-refractivity contribution in [1.82, 2.24) is 20.1 Å². The van der Waals surface area contributed by atoms with Gasteiger partial charge in [0.2, 0.25) is 11.8 Å². The molecule has 1 saturated heterocycles. The van der Waals surface area contributed by atoms with Crippen molar-refractivity contribution in [1.29, 1.82) is 0 Å². The van der Waals surface area contributed by atoms with Gasteiger partial charge < -0.3 is 10.2 Å². The maximum atomic E-state index is 12.2. The van der Waals surface area contributed by atoms with E-state index in [1.54, 1.807) is 15.9 Å². The predicted octanol–water partition coefficient (Wildman–Crippen LogP) is 0.837. The fraction of sp³-hybridized carbons (Fsp3) is 0.375. The molecular weight excluding hydrogens is 294 g/mol. The molecule has 0 aliphatic carbocycles. The normalized spacial score (nSPS) is 17.5. The summed E-state index contributed by atoms with van der Waals surface area (Å²) in [7, 11) is 0. The van der Waals surface area contributed by atoms with Gasteiger partial charge in [-0.1, -0.05) is 18.2 Å². The second-order valence-electron chi connectivity index (χ2n) is 5.54. The first kappa shape index (κ1) is 15.2. The van der Waals surface area contributed by atoms with Crippen LogP contribution in [-0.2, 0) is 16.1 Å². The molecule has 1 fully saturated rings. The van der Waals surface area contributed by atoms with Gasteiger partial charge in [-0.2, -0.15) is 5.10 Å². The largest absolute Gasteiger partial charge is 0.356 e. The number of carbonyl (C=O) groups excluding carboxylic acids is 2. The molecule has 0 saturated carbocycles. The van der Waals surface area contributed by atoms with Crippen LogP contribution in [0, 0.1) is 5.92 Å². The number of hydrogen-bond acceptors (Lipinski definition) is 4. The Balaban J connectivity index is 1.46. The lowest BCUT2D eigenvalue weighted by Gasteiger charge is -2.16. The number of para-hydroxylation sites is 1. The molecule has 1 atom stereocenters. The van der Waals surface area contributed by atoms with Gasteiger partial charge in [-0.05, 0) is 18.6 Å². The number of anilines is 1. The summed E-state index contributed by atoms with van der Waals surface area (Å²) in [5.41, 5.74) is 0.846. The first-order valence-electron chi connectivity index (χ1n) is 7.69. The van der Waals surface area contributed by atoms with E-state index < -0.39 is 0 Å². The van der Waals surface area contributed by atoms with Gasteiger partial charge in [0, 0.05) is 31.7 Å². The zero-order valence-electron chi connectivity index (χ0n) is 12.8. The molecule has 1 unspecified atom stereocenters. The van der Waals surface area contributed by atoms with Gasteiger partial charge in [0.25, 0.3) is 0 Å². The number of carbonyl (C=O) groups is 2. The highest BCUT2D eigenvalue weighted by molar-refractivity contribution is 6.00. The van der Waals surface area contributed by atoms with Gasteiger partial charge in [-0.25, -0.2) is 4.98 Å². The van der Waals surface area contributed by atoms with Crippen LogP contribution in [-0.4, -0.2) is 39.7 Å². The van der Waals surface area contributed by atoms with Gasteiger partial charge in [-0.15, -0.1) is 0 Å². The van der Waals surface area contributed by atoms with Crippen molar-refractivity contribution in [3.63, 3.8) is 0 Å². The number of hydrogen-bond donors (Lipinski definition) is 1. The van der Waals surface area contributed by atoms with Crippen molar-refractivity contribution in [2.24, 2.45) is 5.92 Å². The summed E-state index contributed by atoms with van der Waals surface area (Å²) in [6.45, 7) is 1.71. The van der Waals surface area contributed by atoms with Crippen LogP contribution in [0.3, 0.4) is 0 Å². The van der Waals surface area contributed by atoms with Crippen LogP contribution in [0.4, 0.5) is 5.69 Å². The van der Waals surface area contributed by atoms with Crippen molar-refractivity contribution < 1.29 is 9.59 Å². The second kappa shape index (κ2) is 7.04. The molecule has 2 amide bonds. The maximum Gasteiger partial charge on any atom is 0.227 e. The van der Waals surface area contributed by atoms with Crippen LogP contribution in [0.5, 0.6) is 0 Å². The highest BCUT2D eigenvalue weighted by Gasteiger charge is 2.34. The lowest BCUT2D eigenvalue weighted by molar-refractivity contribution is -0.126. The molecule has 7 heteroatoms. The van der Waals surface area contributed by atoms with Crippen LogP contribution in [0.2, 0.25) is 0 Å². The number of amides is 2. The topological polar surface area (TPSA) is 80.1 Å². The van der Waals surface area contributed by atoms with Crippen molar-refractivity contribution in [3.8, 4) is 0 Å². The number of aryl methyl sites for hydroxylation is 1. The van der Waals surface area contributed by atoms with Crippen molar-refractivity contribution >= 4 is 17.5 Å². The summed E-state index contributed by atoms with van der Waals surface area (Å²) in [4.78, 5) is 29.9. The highest BCUT2D eigenvalue weighted by Crippen LogP contribution is 2.24. The molecule has 120 valence electrons. The smallest absolute Gasteiger partial charge is 0.227 e. The summed E-state index contributed by atoms with van der Waals surface area (Å²) in [6.07, 6.45) is 4.18. The highest BCUT2D eigenvalue weighted by atomic mass is 16.2. The third-order valence-electron chi connectivity index (χ3n) is 3.89. The van der Waals surface area contributed by atoms with Crippen LogP contribution < -0.4 is 10.2 Å². The first-order valence-corrected chi connectivity index (χ1v) is 7.69. The van der Waals surface area contributed by atoms with E-state index in [-0.39, 0.29) is 24.2 Å². The SMILES string of the molecule is O=C(NCCCn1cncn1)C1CC(=O)N(c2ccccc2)C1. The Morgan fingerprint density at radius 1 is 1.30 bits per heavy atom. The van der Waals surface area contributed by atoms with E-state index in [1.165, 1.54) is 6.33 Å². The monoisotopic (exact) mass is 313 g/mol. The van der Waals surface area contributed by atoms with Gasteiger partial charge in [0.1, 0.15) is 12.7 Å². The average Bonchev–Trinajstić information content (AvgIpc) is 3.22. The molecular formula is C16H19N5O2. The van der Waals surface area contributed by atoms with Crippen molar-refractivity contribution in [2.75, 3.05) is 18.0 Å². The number of benzene rings is 1. The second-order valence-corrected chi connectivity index (χ2v) is 5.54. The third-order valence-corrected chi connectivity index (χ3v) is 3.89. The lowest BCUT2D eigenvalue weighted by Crippen LogP contribution is -2.33. The summed E-state index contributed by atoms with van der Waals surface area (Å²) < 4.78 is 1.72. The molecule has 23 heavy (non-hydrogen) atoms. The van der Waals surface area contributed by atoms with E-state index in [0.29, 0.717) is 19.6 Å². The Labute approximate surface area is 134 Å². The quantitative estimate of drug-likeness (QED) is 0.801. The molecule has 0 radical (unpaired) electrons. The van der Waals surface area contributed by atoms with Crippen LogP contribution in [0.25, 0.3) is 0 Å². The molecule has 1 N–H and O–H groups in total. The number of rotatable bonds is 6. The molecule has 7 nitrogen and oxygen atoms in total. The average molecular weight is 313 g/mol. The molecule has 1 aliphatic rings. The number of aromatic nitrogens is 3. The van der Waals surface area contributed by atoms with E-state index >= 15 is 0 Å². The summed E-state index contributed by atoms with van der Waals surface area (Å²) >= 11 is 0. The summed E-state index contributed by atoms with van der Waals surface area (Å²) in [6, 6.07) is 9.45. The molecule has 2 aromatic rings. The van der Waals surface area contributed by atoms with Crippen molar-refractivity contribution in [2.45, 2.75) is 19.4 Å².